The van der Waals surface area contributed by atoms with Crippen LogP contribution in [-0.4, -0.2) is 35.5 Å². The highest BCUT2D eigenvalue weighted by Gasteiger charge is 2.24. The van der Waals surface area contributed by atoms with Crippen LogP contribution >= 0.6 is 0 Å². The van der Waals surface area contributed by atoms with E-state index < -0.39 is 0 Å². The molecule has 0 aromatic heterocycles. The van der Waals surface area contributed by atoms with Gasteiger partial charge >= 0.3 is 0 Å². The first-order valence-electron chi connectivity index (χ1n) is 11.4. The minimum atomic E-state index is 0.670. The fourth-order valence-corrected chi connectivity index (χ4v) is 4.52. The van der Waals surface area contributed by atoms with E-state index >= 15 is 0 Å². The molecule has 0 N–H and O–H groups in total. The molecule has 1 saturated heterocycles. The molecule has 0 bridgehead atoms. The fraction of sp³-hybridized carbons (Fsp3) is 0.357. The highest BCUT2D eigenvalue weighted by molar-refractivity contribution is 5.21. The lowest BCUT2D eigenvalue weighted by Crippen LogP contribution is -2.45. The lowest BCUT2D eigenvalue weighted by Gasteiger charge is -2.39. The number of hydrogen-bond donors (Lipinski definition) is 0. The van der Waals surface area contributed by atoms with Gasteiger partial charge in [-0.1, -0.05) is 90.5 Å². The first kappa shape index (κ1) is 20.8. The van der Waals surface area contributed by atoms with Crippen LogP contribution in [0.4, 0.5) is 0 Å². The van der Waals surface area contributed by atoms with Crippen molar-refractivity contribution in [1.29, 1.82) is 0 Å². The number of benzene rings is 3. The molecule has 0 atom stereocenters. The summed E-state index contributed by atoms with van der Waals surface area (Å²) >= 11 is 0. The normalized spacial score (nSPS) is 15.5. The molecule has 2 nitrogen and oxygen atoms in total. The summed E-state index contributed by atoms with van der Waals surface area (Å²) in [6.07, 6.45) is 3.64. The van der Waals surface area contributed by atoms with Crippen molar-refractivity contribution in [3.8, 4) is 0 Å². The fourth-order valence-electron chi connectivity index (χ4n) is 4.52. The average molecular weight is 399 g/mol. The van der Waals surface area contributed by atoms with Gasteiger partial charge in [-0.2, -0.15) is 0 Å². The third-order valence-electron chi connectivity index (χ3n) is 6.36. The molecule has 0 aliphatic carbocycles. The van der Waals surface area contributed by atoms with E-state index in [1.807, 2.05) is 0 Å². The lowest BCUT2D eigenvalue weighted by atomic mass is 10.0. The molecule has 4 rings (SSSR count). The molecule has 1 aliphatic rings. The summed E-state index contributed by atoms with van der Waals surface area (Å²) in [5.41, 5.74) is 5.64. The first-order valence-corrected chi connectivity index (χ1v) is 11.4. The van der Waals surface area contributed by atoms with Crippen molar-refractivity contribution in [2.75, 3.05) is 19.6 Å². The van der Waals surface area contributed by atoms with Crippen LogP contribution in [0, 0.1) is 6.92 Å². The molecule has 0 spiro atoms. The summed E-state index contributed by atoms with van der Waals surface area (Å²) in [6, 6.07) is 31.6. The molecule has 3 aromatic rings. The second kappa shape index (κ2) is 10.6. The van der Waals surface area contributed by atoms with Crippen LogP contribution < -0.4 is 0 Å². The molecule has 3 aromatic carbocycles. The minimum absolute atomic E-state index is 0.670. The van der Waals surface area contributed by atoms with Gasteiger partial charge in [-0.05, 0) is 56.0 Å². The van der Waals surface area contributed by atoms with Crippen LogP contribution in [0.3, 0.4) is 0 Å². The Morgan fingerprint density at radius 1 is 0.733 bits per heavy atom. The van der Waals surface area contributed by atoms with E-state index in [1.165, 1.54) is 48.2 Å². The summed E-state index contributed by atoms with van der Waals surface area (Å²) in [4.78, 5) is 5.35. The summed E-state index contributed by atoms with van der Waals surface area (Å²) in [6.45, 7) is 7.80. The average Bonchev–Trinajstić information content (AvgIpc) is 2.80. The van der Waals surface area contributed by atoms with Gasteiger partial charge in [0, 0.05) is 25.7 Å². The molecule has 1 heterocycles. The standard InChI is InChI=1S/C28H34N2/c1-24-12-14-27(15-13-24)22-29-19-17-28(18-20-29)30(23-26-10-6-3-7-11-26)21-16-25-8-4-2-5-9-25/h2-15,28H,16-23H2,1H3. The van der Waals surface area contributed by atoms with Crippen molar-refractivity contribution >= 4 is 0 Å². The van der Waals surface area contributed by atoms with Crippen LogP contribution in [-0.2, 0) is 19.5 Å². The zero-order valence-corrected chi connectivity index (χ0v) is 18.2. The number of aryl methyl sites for hydroxylation is 1. The number of piperidine rings is 1. The van der Waals surface area contributed by atoms with Crippen molar-refractivity contribution in [3.05, 3.63) is 107 Å². The molecule has 156 valence electrons. The molecule has 1 aliphatic heterocycles. The number of likely N-dealkylation sites (tertiary alicyclic amines) is 1. The van der Waals surface area contributed by atoms with Crippen LogP contribution in [0.5, 0.6) is 0 Å². The molecule has 2 heteroatoms. The highest BCUT2D eigenvalue weighted by atomic mass is 15.2. The van der Waals surface area contributed by atoms with Gasteiger partial charge in [0.1, 0.15) is 0 Å². The van der Waals surface area contributed by atoms with Crippen LogP contribution in [0.15, 0.2) is 84.9 Å². The molecule has 0 radical (unpaired) electrons. The molecule has 1 fully saturated rings. The Hall–Kier alpha value is -2.42. The Balaban J connectivity index is 1.36. The van der Waals surface area contributed by atoms with Gasteiger partial charge in [-0.3, -0.25) is 9.80 Å². The van der Waals surface area contributed by atoms with E-state index in [-0.39, 0.29) is 0 Å². The number of nitrogens with zero attached hydrogens (tertiary/aromatic N) is 2. The van der Waals surface area contributed by atoms with Gasteiger partial charge in [0.2, 0.25) is 0 Å². The van der Waals surface area contributed by atoms with Gasteiger partial charge in [-0.25, -0.2) is 0 Å². The second-order valence-electron chi connectivity index (χ2n) is 8.68. The number of rotatable bonds is 8. The Labute approximate surface area is 182 Å². The quantitative estimate of drug-likeness (QED) is 0.480. The Kier molecular flexibility index (Phi) is 7.34. The van der Waals surface area contributed by atoms with Gasteiger partial charge in [0.15, 0.2) is 0 Å². The molecular weight excluding hydrogens is 364 g/mol. The minimum Gasteiger partial charge on any atom is -0.299 e. The maximum atomic E-state index is 2.73. The SMILES string of the molecule is Cc1ccc(CN2CCC(N(CCc3ccccc3)Cc3ccccc3)CC2)cc1. The van der Waals surface area contributed by atoms with Gasteiger partial charge in [-0.15, -0.1) is 0 Å². The van der Waals surface area contributed by atoms with E-state index in [4.69, 9.17) is 0 Å². The Bertz CT molecular complexity index is 866. The highest BCUT2D eigenvalue weighted by Crippen LogP contribution is 2.21. The molecular formula is C28H34N2. The summed E-state index contributed by atoms with van der Waals surface area (Å²) < 4.78 is 0. The zero-order valence-electron chi connectivity index (χ0n) is 18.2. The number of hydrogen-bond acceptors (Lipinski definition) is 2. The summed E-state index contributed by atoms with van der Waals surface area (Å²) in [5.74, 6) is 0. The van der Waals surface area contributed by atoms with E-state index in [9.17, 15) is 0 Å². The smallest absolute Gasteiger partial charge is 0.0236 e. The monoisotopic (exact) mass is 398 g/mol. The molecule has 0 saturated carbocycles. The predicted octanol–water partition coefficient (Wildman–Crippen LogP) is 5.70. The third kappa shape index (κ3) is 6.04. The maximum absolute atomic E-state index is 2.73. The maximum Gasteiger partial charge on any atom is 0.0236 e. The van der Waals surface area contributed by atoms with Crippen molar-refractivity contribution in [2.24, 2.45) is 0 Å². The van der Waals surface area contributed by atoms with E-state index in [0.717, 1.165) is 26.1 Å². The second-order valence-corrected chi connectivity index (χ2v) is 8.68. The largest absolute Gasteiger partial charge is 0.299 e. The Morgan fingerprint density at radius 2 is 1.33 bits per heavy atom. The van der Waals surface area contributed by atoms with Gasteiger partial charge < -0.3 is 0 Å². The zero-order chi connectivity index (χ0) is 20.6. The summed E-state index contributed by atoms with van der Waals surface area (Å²) in [7, 11) is 0. The Morgan fingerprint density at radius 3 is 1.97 bits per heavy atom. The van der Waals surface area contributed by atoms with E-state index in [2.05, 4.69) is 102 Å². The summed E-state index contributed by atoms with van der Waals surface area (Å²) in [5, 5.41) is 0. The van der Waals surface area contributed by atoms with Gasteiger partial charge in [0.25, 0.3) is 0 Å². The van der Waals surface area contributed by atoms with E-state index in [1.54, 1.807) is 0 Å². The molecule has 0 unspecified atom stereocenters. The van der Waals surface area contributed by atoms with Crippen molar-refractivity contribution in [1.82, 2.24) is 9.80 Å². The van der Waals surface area contributed by atoms with Gasteiger partial charge in [0.05, 0.1) is 0 Å². The van der Waals surface area contributed by atoms with Crippen molar-refractivity contribution in [2.45, 2.75) is 45.3 Å². The molecule has 0 amide bonds. The van der Waals surface area contributed by atoms with E-state index in [0.29, 0.717) is 6.04 Å². The predicted molar refractivity (Wildman–Crippen MR) is 126 cm³/mol. The van der Waals surface area contributed by atoms with Crippen molar-refractivity contribution in [3.63, 3.8) is 0 Å². The molecule has 30 heavy (non-hydrogen) atoms. The van der Waals surface area contributed by atoms with Crippen LogP contribution in [0.2, 0.25) is 0 Å². The van der Waals surface area contributed by atoms with Crippen molar-refractivity contribution < 1.29 is 0 Å². The third-order valence-corrected chi connectivity index (χ3v) is 6.36. The van der Waals surface area contributed by atoms with Crippen LogP contribution in [0.25, 0.3) is 0 Å². The first-order chi connectivity index (χ1) is 14.8. The lowest BCUT2D eigenvalue weighted by molar-refractivity contribution is 0.0997. The topological polar surface area (TPSA) is 6.48 Å². The van der Waals surface area contributed by atoms with Crippen LogP contribution in [0.1, 0.15) is 35.1 Å².